The lowest BCUT2D eigenvalue weighted by molar-refractivity contribution is -0.209. The van der Waals surface area contributed by atoms with Crippen LogP contribution in [0, 0.1) is 5.92 Å². The zero-order chi connectivity index (χ0) is 16.4. The molecule has 0 N–H and O–H groups in total. The molecule has 0 aromatic rings. The van der Waals surface area contributed by atoms with Crippen molar-refractivity contribution in [3.63, 3.8) is 0 Å². The van der Waals surface area contributed by atoms with E-state index < -0.39 is 5.60 Å². The van der Waals surface area contributed by atoms with Crippen LogP contribution in [-0.4, -0.2) is 59.6 Å². The van der Waals surface area contributed by atoms with Crippen LogP contribution in [-0.2, 0) is 9.53 Å². The van der Waals surface area contributed by atoms with Crippen LogP contribution < -0.4 is 0 Å². The van der Waals surface area contributed by atoms with Crippen LogP contribution in [0.4, 0.5) is 0 Å². The Kier molecular flexibility index (Phi) is 5.54. The molecule has 4 heteroatoms. The van der Waals surface area contributed by atoms with E-state index in [-0.39, 0.29) is 11.5 Å². The van der Waals surface area contributed by atoms with E-state index in [1.54, 1.807) is 0 Å². The van der Waals surface area contributed by atoms with E-state index >= 15 is 0 Å². The number of nitrogens with zero attached hydrogens (tertiary/aromatic N) is 2. The van der Waals surface area contributed by atoms with Gasteiger partial charge in [-0.2, -0.15) is 0 Å². The Hall–Kier alpha value is -0.610. The van der Waals surface area contributed by atoms with Gasteiger partial charge in [0.1, 0.15) is 5.60 Å². The van der Waals surface area contributed by atoms with Crippen molar-refractivity contribution < 1.29 is 9.53 Å². The number of likely N-dealkylation sites (tertiary alicyclic amines) is 1. The summed E-state index contributed by atoms with van der Waals surface area (Å²) in [5, 5.41) is 0. The van der Waals surface area contributed by atoms with Crippen molar-refractivity contribution >= 4 is 5.91 Å². The molecule has 0 aliphatic carbocycles. The van der Waals surface area contributed by atoms with Crippen molar-refractivity contribution in [1.29, 1.82) is 0 Å². The summed E-state index contributed by atoms with van der Waals surface area (Å²) < 4.78 is 6.38. The third-order valence-corrected chi connectivity index (χ3v) is 5.15. The van der Waals surface area contributed by atoms with Crippen molar-refractivity contribution in [3.05, 3.63) is 0 Å². The molecule has 1 amide bonds. The fourth-order valence-electron chi connectivity index (χ4n) is 3.82. The zero-order valence-electron chi connectivity index (χ0n) is 15.2. The minimum Gasteiger partial charge on any atom is -0.357 e. The number of hydrogen-bond donors (Lipinski definition) is 0. The molecule has 1 unspecified atom stereocenters. The normalized spacial score (nSPS) is 30.1. The second-order valence-corrected chi connectivity index (χ2v) is 7.99. The van der Waals surface area contributed by atoms with Crippen LogP contribution in [0.1, 0.15) is 60.3 Å². The Morgan fingerprint density at radius 2 is 1.95 bits per heavy atom. The van der Waals surface area contributed by atoms with Crippen LogP contribution in [0.2, 0.25) is 0 Å². The van der Waals surface area contributed by atoms with Crippen molar-refractivity contribution in [2.24, 2.45) is 5.92 Å². The van der Waals surface area contributed by atoms with E-state index in [4.69, 9.17) is 4.74 Å². The average molecular weight is 310 g/mol. The Morgan fingerprint density at radius 3 is 2.59 bits per heavy atom. The first-order valence-electron chi connectivity index (χ1n) is 9.00. The highest BCUT2D eigenvalue weighted by molar-refractivity contribution is 5.85. The monoisotopic (exact) mass is 310 g/mol. The number of rotatable bonds is 4. The van der Waals surface area contributed by atoms with E-state index in [0.717, 1.165) is 38.4 Å². The molecule has 1 atom stereocenters. The Morgan fingerprint density at radius 1 is 1.23 bits per heavy atom. The zero-order valence-corrected chi connectivity index (χ0v) is 15.2. The summed E-state index contributed by atoms with van der Waals surface area (Å²) in [5.41, 5.74) is -0.818. The molecular formula is C18H34N2O2. The van der Waals surface area contributed by atoms with E-state index in [1.807, 2.05) is 18.7 Å². The largest absolute Gasteiger partial charge is 0.357 e. The maximum absolute atomic E-state index is 12.4. The van der Waals surface area contributed by atoms with Crippen molar-refractivity contribution in [2.75, 3.05) is 32.7 Å². The quantitative estimate of drug-likeness (QED) is 0.800. The molecule has 22 heavy (non-hydrogen) atoms. The molecule has 2 aliphatic rings. The highest BCUT2D eigenvalue weighted by Gasteiger charge is 2.49. The summed E-state index contributed by atoms with van der Waals surface area (Å²) >= 11 is 0. The van der Waals surface area contributed by atoms with Gasteiger partial charge in [0.15, 0.2) is 0 Å². The average Bonchev–Trinajstić information content (AvgIpc) is 2.63. The summed E-state index contributed by atoms with van der Waals surface area (Å²) in [7, 11) is 0. The predicted molar refractivity (Wildman–Crippen MR) is 89.9 cm³/mol. The van der Waals surface area contributed by atoms with Crippen molar-refractivity contribution in [3.8, 4) is 0 Å². The van der Waals surface area contributed by atoms with Crippen LogP contribution in [0.15, 0.2) is 0 Å². The van der Waals surface area contributed by atoms with Gasteiger partial charge in [0, 0.05) is 19.6 Å². The molecule has 2 aliphatic heterocycles. The van der Waals surface area contributed by atoms with Crippen LogP contribution >= 0.6 is 0 Å². The summed E-state index contributed by atoms with van der Waals surface area (Å²) in [6.45, 7) is 15.5. The first-order chi connectivity index (χ1) is 10.3. The lowest BCUT2D eigenvalue weighted by atomic mass is 9.88. The molecule has 0 radical (unpaired) electrons. The summed E-state index contributed by atoms with van der Waals surface area (Å²) in [4.78, 5) is 17.0. The smallest absolute Gasteiger partial charge is 0.254 e. The number of carbonyl (C=O) groups excluding carboxylic acids is 1. The SMILES string of the molecule is CCN1CC2(CCCN(CCC(C)C)CC2)OC(C)(C)C1=O. The van der Waals surface area contributed by atoms with E-state index in [1.165, 1.54) is 25.9 Å². The second-order valence-electron chi connectivity index (χ2n) is 7.99. The van der Waals surface area contributed by atoms with Crippen LogP contribution in [0.25, 0.3) is 0 Å². The molecule has 0 aromatic heterocycles. The summed E-state index contributed by atoms with van der Waals surface area (Å²) in [6, 6.07) is 0. The maximum Gasteiger partial charge on any atom is 0.254 e. The molecule has 0 bridgehead atoms. The third-order valence-electron chi connectivity index (χ3n) is 5.15. The minimum absolute atomic E-state index is 0.139. The van der Waals surface area contributed by atoms with Gasteiger partial charge < -0.3 is 14.5 Å². The molecule has 2 rings (SSSR count). The molecule has 2 heterocycles. The van der Waals surface area contributed by atoms with E-state index in [2.05, 4.69) is 25.7 Å². The topological polar surface area (TPSA) is 32.8 Å². The fraction of sp³-hybridized carbons (Fsp3) is 0.944. The Labute approximate surface area is 136 Å². The first-order valence-corrected chi connectivity index (χ1v) is 9.00. The Bertz CT molecular complexity index is 395. The fourth-order valence-corrected chi connectivity index (χ4v) is 3.82. The van der Waals surface area contributed by atoms with Gasteiger partial charge in [0.2, 0.25) is 0 Å². The number of hydrogen-bond acceptors (Lipinski definition) is 3. The van der Waals surface area contributed by atoms with Gasteiger partial charge in [-0.25, -0.2) is 0 Å². The van der Waals surface area contributed by atoms with Gasteiger partial charge in [-0.05, 0) is 65.5 Å². The molecule has 0 saturated carbocycles. The molecular weight excluding hydrogens is 276 g/mol. The molecule has 2 saturated heterocycles. The highest BCUT2D eigenvalue weighted by atomic mass is 16.5. The van der Waals surface area contributed by atoms with Gasteiger partial charge in [-0.3, -0.25) is 4.79 Å². The van der Waals surface area contributed by atoms with Crippen LogP contribution in [0.5, 0.6) is 0 Å². The molecule has 2 fully saturated rings. The van der Waals surface area contributed by atoms with Crippen molar-refractivity contribution in [2.45, 2.75) is 71.5 Å². The summed E-state index contributed by atoms with van der Waals surface area (Å²) in [6.07, 6.45) is 4.54. The molecule has 128 valence electrons. The second kappa shape index (κ2) is 6.88. The number of morpholine rings is 1. The highest BCUT2D eigenvalue weighted by Crippen LogP contribution is 2.37. The number of carbonyl (C=O) groups is 1. The van der Waals surface area contributed by atoms with Gasteiger partial charge in [-0.1, -0.05) is 13.8 Å². The number of amides is 1. The van der Waals surface area contributed by atoms with Gasteiger partial charge in [0.05, 0.1) is 5.60 Å². The first kappa shape index (κ1) is 17.7. The van der Waals surface area contributed by atoms with E-state index in [9.17, 15) is 4.79 Å². The van der Waals surface area contributed by atoms with Crippen LogP contribution in [0.3, 0.4) is 0 Å². The molecule has 4 nitrogen and oxygen atoms in total. The molecule has 0 aromatic carbocycles. The van der Waals surface area contributed by atoms with Gasteiger partial charge >= 0.3 is 0 Å². The Balaban J connectivity index is 2.03. The number of ether oxygens (including phenoxy) is 1. The third kappa shape index (κ3) is 4.02. The number of likely N-dealkylation sites (N-methyl/N-ethyl adjacent to an activating group) is 1. The van der Waals surface area contributed by atoms with Gasteiger partial charge in [-0.15, -0.1) is 0 Å². The maximum atomic E-state index is 12.4. The lowest BCUT2D eigenvalue weighted by Gasteiger charge is -2.49. The lowest BCUT2D eigenvalue weighted by Crippen LogP contribution is -2.63. The minimum atomic E-state index is -0.679. The van der Waals surface area contributed by atoms with Crippen molar-refractivity contribution in [1.82, 2.24) is 9.80 Å². The molecule has 1 spiro atoms. The standard InChI is InChI=1S/C18H34N2O2/c1-6-20-14-18(22-17(4,5)16(20)21)9-7-11-19(13-10-18)12-8-15(2)3/h15H,6-14H2,1-5H3. The predicted octanol–water partition coefficient (Wildman–Crippen LogP) is 2.91. The van der Waals surface area contributed by atoms with Gasteiger partial charge in [0.25, 0.3) is 5.91 Å². The van der Waals surface area contributed by atoms with E-state index in [0.29, 0.717) is 0 Å². The summed E-state index contributed by atoms with van der Waals surface area (Å²) in [5.74, 6) is 0.900.